The SMILES string of the molecule is C[C@@H](NC(=O)c1nc(C(C)(C)C)no1)c1cc(F)c(B2OC(C)(C)C(C)(C)O2)cc1CO[Si](c1ccccc1)(c1ccccc1)C(C)(C)C. The molecule has 1 aliphatic rings. The Balaban J connectivity index is 1.59. The number of carbonyl (C=O) groups is 1. The van der Waals surface area contributed by atoms with Crippen molar-refractivity contribution in [2.24, 2.45) is 0 Å². The van der Waals surface area contributed by atoms with E-state index in [9.17, 15) is 4.79 Å². The molecule has 0 aliphatic carbocycles. The lowest BCUT2D eigenvalue weighted by atomic mass is 9.76. The number of nitrogens with zero attached hydrogens (tertiary/aromatic N) is 2. The van der Waals surface area contributed by atoms with E-state index in [1.165, 1.54) is 6.07 Å². The maximum atomic E-state index is 16.2. The number of benzene rings is 3. The van der Waals surface area contributed by atoms with Gasteiger partial charge >= 0.3 is 18.9 Å². The van der Waals surface area contributed by atoms with Crippen molar-refractivity contribution in [3.05, 3.63) is 101 Å². The molecule has 0 unspecified atom stereocenters. The van der Waals surface area contributed by atoms with Gasteiger partial charge in [0.25, 0.3) is 8.32 Å². The molecule has 1 atom stereocenters. The van der Waals surface area contributed by atoms with Gasteiger partial charge < -0.3 is 23.6 Å². The zero-order valence-electron chi connectivity index (χ0n) is 30.6. The van der Waals surface area contributed by atoms with E-state index in [2.05, 4.69) is 60.5 Å². The van der Waals surface area contributed by atoms with Crippen LogP contribution in [0.5, 0.6) is 0 Å². The van der Waals surface area contributed by atoms with Gasteiger partial charge in [-0.3, -0.25) is 4.79 Å². The van der Waals surface area contributed by atoms with Crippen LogP contribution in [0.15, 0.2) is 77.3 Å². The topological polar surface area (TPSA) is 95.7 Å². The molecule has 1 aliphatic heterocycles. The normalized spacial score (nSPS) is 16.9. The fourth-order valence-corrected chi connectivity index (χ4v) is 10.8. The molecule has 11 heteroatoms. The fourth-order valence-electron chi connectivity index (χ4n) is 6.24. The van der Waals surface area contributed by atoms with Gasteiger partial charge in [0, 0.05) is 10.9 Å². The molecule has 49 heavy (non-hydrogen) atoms. The third-order valence-corrected chi connectivity index (χ3v) is 14.7. The number of halogens is 1. The van der Waals surface area contributed by atoms with E-state index in [0.29, 0.717) is 17.0 Å². The molecule has 0 radical (unpaired) electrons. The molecule has 1 amide bonds. The average molecular weight is 686 g/mol. The largest absolute Gasteiger partial charge is 0.497 e. The van der Waals surface area contributed by atoms with Crippen molar-refractivity contribution in [2.75, 3.05) is 0 Å². The summed E-state index contributed by atoms with van der Waals surface area (Å²) in [6.45, 7) is 22.1. The predicted octanol–water partition coefficient (Wildman–Crippen LogP) is 6.37. The van der Waals surface area contributed by atoms with Crippen molar-refractivity contribution in [2.45, 2.75) is 110 Å². The van der Waals surface area contributed by atoms with E-state index >= 15 is 4.39 Å². The lowest BCUT2D eigenvalue weighted by molar-refractivity contribution is 0.00578. The molecular weight excluding hydrogens is 636 g/mol. The molecule has 0 spiro atoms. The van der Waals surface area contributed by atoms with Gasteiger partial charge in [0.1, 0.15) is 5.82 Å². The first kappa shape index (κ1) is 36.6. The Hall–Kier alpha value is -3.64. The summed E-state index contributed by atoms with van der Waals surface area (Å²) in [7, 11) is -3.90. The third kappa shape index (κ3) is 7.17. The van der Waals surface area contributed by atoms with Gasteiger partial charge in [-0.15, -0.1) is 0 Å². The maximum absolute atomic E-state index is 16.2. The van der Waals surface area contributed by atoms with Crippen LogP contribution in [0.3, 0.4) is 0 Å². The van der Waals surface area contributed by atoms with Crippen LogP contribution in [0.4, 0.5) is 4.39 Å². The number of nitrogens with one attached hydrogen (secondary N) is 1. The van der Waals surface area contributed by atoms with E-state index in [-0.39, 0.29) is 23.0 Å². The van der Waals surface area contributed by atoms with Gasteiger partial charge in [0.15, 0.2) is 5.82 Å². The second-order valence-electron chi connectivity index (χ2n) is 16.0. The Morgan fingerprint density at radius 1 is 0.918 bits per heavy atom. The molecule has 260 valence electrons. The Morgan fingerprint density at radius 3 is 1.92 bits per heavy atom. The molecule has 3 aromatic carbocycles. The molecule has 5 rings (SSSR count). The maximum Gasteiger partial charge on any atom is 0.497 e. The number of hydrogen-bond donors (Lipinski definition) is 1. The van der Waals surface area contributed by atoms with Crippen molar-refractivity contribution in [1.29, 1.82) is 0 Å². The van der Waals surface area contributed by atoms with Crippen molar-refractivity contribution < 1.29 is 27.4 Å². The quantitative estimate of drug-likeness (QED) is 0.205. The van der Waals surface area contributed by atoms with Crippen LogP contribution in [-0.2, 0) is 25.8 Å². The highest BCUT2D eigenvalue weighted by molar-refractivity contribution is 6.99. The minimum absolute atomic E-state index is 0.143. The summed E-state index contributed by atoms with van der Waals surface area (Å²) < 4.78 is 41.4. The zero-order valence-corrected chi connectivity index (χ0v) is 31.6. The standard InChI is InChI=1S/C38H49BFN3O5Si/c1-25(41-32(44)33-42-34(43-46-33)35(2,3)4)29-23-31(40)30(39-47-37(8,9)38(10,11)48-39)22-26(29)24-45-49(36(5,6)7,27-18-14-12-15-19-27)28-20-16-13-17-21-28/h12-23,25H,24H2,1-11H3,(H,41,44)/t25-/m1/s1. The summed E-state index contributed by atoms with van der Waals surface area (Å²) in [6, 6.07) is 23.2. The Morgan fingerprint density at radius 2 is 1.45 bits per heavy atom. The molecule has 8 nitrogen and oxygen atoms in total. The van der Waals surface area contributed by atoms with Crippen LogP contribution in [-0.4, -0.2) is 42.7 Å². The molecule has 1 saturated heterocycles. The predicted molar refractivity (Wildman–Crippen MR) is 193 cm³/mol. The minimum atomic E-state index is -2.98. The summed E-state index contributed by atoms with van der Waals surface area (Å²) in [4.78, 5) is 17.6. The summed E-state index contributed by atoms with van der Waals surface area (Å²) in [6.07, 6.45) is 0. The monoisotopic (exact) mass is 685 g/mol. The van der Waals surface area contributed by atoms with Crippen LogP contribution < -0.4 is 21.2 Å². The third-order valence-electron chi connectivity index (χ3n) is 9.73. The summed E-state index contributed by atoms with van der Waals surface area (Å²) >= 11 is 0. The first-order chi connectivity index (χ1) is 22.8. The van der Waals surface area contributed by atoms with E-state index in [1.54, 1.807) is 13.0 Å². The summed E-state index contributed by atoms with van der Waals surface area (Å²) in [5.74, 6) is -0.792. The smallest absolute Gasteiger partial charge is 0.403 e. The molecule has 4 aromatic rings. The molecule has 0 bridgehead atoms. The average Bonchev–Trinajstić information content (AvgIpc) is 3.61. The van der Waals surface area contributed by atoms with Crippen molar-refractivity contribution >= 4 is 37.2 Å². The van der Waals surface area contributed by atoms with Crippen molar-refractivity contribution in [3.63, 3.8) is 0 Å². The number of carbonyl (C=O) groups excluding carboxylic acids is 1. The zero-order chi connectivity index (χ0) is 36.0. The Kier molecular flexibility index (Phi) is 9.90. The lowest BCUT2D eigenvalue weighted by Gasteiger charge is -2.43. The highest BCUT2D eigenvalue weighted by Crippen LogP contribution is 2.39. The minimum Gasteiger partial charge on any atom is -0.403 e. The van der Waals surface area contributed by atoms with Gasteiger partial charge in [-0.1, -0.05) is 113 Å². The highest BCUT2D eigenvalue weighted by Gasteiger charge is 2.53. The lowest BCUT2D eigenvalue weighted by Crippen LogP contribution is -2.66. The summed E-state index contributed by atoms with van der Waals surface area (Å²) in [5.41, 5.74) is -0.191. The second-order valence-corrected chi connectivity index (χ2v) is 20.3. The molecule has 2 heterocycles. The van der Waals surface area contributed by atoms with E-state index in [4.69, 9.17) is 18.3 Å². The summed E-state index contributed by atoms with van der Waals surface area (Å²) in [5, 5.41) is 8.89. The van der Waals surface area contributed by atoms with E-state index in [0.717, 1.165) is 10.4 Å². The highest BCUT2D eigenvalue weighted by atomic mass is 28.4. The van der Waals surface area contributed by atoms with Crippen LogP contribution in [0, 0.1) is 5.82 Å². The molecule has 1 aromatic heterocycles. The van der Waals surface area contributed by atoms with Crippen LogP contribution >= 0.6 is 0 Å². The van der Waals surface area contributed by atoms with Gasteiger partial charge in [-0.05, 0) is 67.2 Å². The van der Waals surface area contributed by atoms with Crippen molar-refractivity contribution in [3.8, 4) is 0 Å². The van der Waals surface area contributed by atoms with Crippen LogP contribution in [0.1, 0.15) is 110 Å². The number of hydrogen-bond acceptors (Lipinski definition) is 7. The van der Waals surface area contributed by atoms with Crippen molar-refractivity contribution in [1.82, 2.24) is 15.5 Å². The van der Waals surface area contributed by atoms with Gasteiger partial charge in [-0.25, -0.2) is 4.39 Å². The molecule has 1 fully saturated rings. The van der Waals surface area contributed by atoms with Gasteiger partial charge in [-0.2, -0.15) is 4.98 Å². The van der Waals surface area contributed by atoms with E-state index < -0.39 is 49.8 Å². The first-order valence-electron chi connectivity index (χ1n) is 16.8. The fraction of sp³-hybridized carbons (Fsp3) is 0.447. The molecule has 0 saturated carbocycles. The molecular formula is C38H49BFN3O5Si. The Labute approximate surface area is 291 Å². The number of rotatable bonds is 9. The first-order valence-corrected chi connectivity index (χ1v) is 18.8. The second kappa shape index (κ2) is 13.2. The number of amides is 1. The van der Waals surface area contributed by atoms with Crippen LogP contribution in [0.2, 0.25) is 5.04 Å². The number of aromatic nitrogens is 2. The molecule has 1 N–H and O–H groups in total. The van der Waals surface area contributed by atoms with E-state index in [1.807, 2.05) is 84.9 Å². The van der Waals surface area contributed by atoms with Gasteiger partial charge in [0.2, 0.25) is 0 Å². The Bertz CT molecular complexity index is 1730. The van der Waals surface area contributed by atoms with Crippen LogP contribution in [0.25, 0.3) is 0 Å². The van der Waals surface area contributed by atoms with Gasteiger partial charge in [0.05, 0.1) is 23.9 Å².